The Balaban J connectivity index is 0.00000341. The molecule has 0 bridgehead atoms. The van der Waals surface area contributed by atoms with Gasteiger partial charge in [-0.2, -0.15) is 13.2 Å². The summed E-state index contributed by atoms with van der Waals surface area (Å²) in [5.41, 5.74) is -1.25. The molecular weight excluding hydrogens is 439 g/mol. The van der Waals surface area contributed by atoms with Gasteiger partial charge in [-0.15, -0.1) is 12.4 Å². The number of ether oxygens (including phenoxy) is 2. The van der Waals surface area contributed by atoms with E-state index in [-0.39, 0.29) is 47.0 Å². The molecule has 0 amide bonds. The molecule has 1 N–H and O–H groups in total. The van der Waals surface area contributed by atoms with E-state index in [1.165, 1.54) is 36.4 Å². The third-order valence-electron chi connectivity index (χ3n) is 4.18. The van der Waals surface area contributed by atoms with Crippen molar-refractivity contribution in [1.29, 1.82) is 0 Å². The summed E-state index contributed by atoms with van der Waals surface area (Å²) in [5.74, 6) is -2.29. The van der Waals surface area contributed by atoms with Crippen molar-refractivity contribution in [2.75, 3.05) is 20.7 Å². The number of phenolic OH excluding ortho intramolecular Hbond substituents is 1. The number of fused-ring (bicyclic) bond motifs is 1. The van der Waals surface area contributed by atoms with Crippen molar-refractivity contribution in [1.82, 2.24) is 4.90 Å². The van der Waals surface area contributed by atoms with Gasteiger partial charge in [0.2, 0.25) is 11.2 Å². The van der Waals surface area contributed by atoms with E-state index >= 15 is 0 Å². The predicted octanol–water partition coefficient (Wildman–Crippen LogP) is 5.19. The van der Waals surface area contributed by atoms with Crippen LogP contribution >= 0.6 is 12.4 Å². The lowest BCUT2D eigenvalue weighted by atomic mass is 10.1. The van der Waals surface area contributed by atoms with Crippen LogP contribution in [0.25, 0.3) is 11.0 Å². The van der Waals surface area contributed by atoms with Gasteiger partial charge in [0.1, 0.15) is 22.8 Å². The van der Waals surface area contributed by atoms with Gasteiger partial charge in [-0.3, -0.25) is 4.79 Å². The lowest BCUT2D eigenvalue weighted by Crippen LogP contribution is -2.17. The van der Waals surface area contributed by atoms with Crippen molar-refractivity contribution < 1.29 is 32.2 Å². The molecule has 0 radical (unpaired) electrons. The van der Waals surface area contributed by atoms with Crippen molar-refractivity contribution in [2.24, 2.45) is 0 Å². The van der Waals surface area contributed by atoms with E-state index in [9.17, 15) is 23.1 Å². The fourth-order valence-electron chi connectivity index (χ4n) is 2.92. The van der Waals surface area contributed by atoms with E-state index in [2.05, 4.69) is 0 Å². The molecule has 6 nitrogen and oxygen atoms in total. The molecule has 1 aromatic heterocycles. The minimum atomic E-state index is -4.99. The van der Waals surface area contributed by atoms with E-state index in [1.54, 1.807) is 25.9 Å². The van der Waals surface area contributed by atoms with Crippen molar-refractivity contribution in [3.63, 3.8) is 0 Å². The molecule has 0 spiro atoms. The summed E-state index contributed by atoms with van der Waals surface area (Å²) in [5, 5.41) is 9.98. The summed E-state index contributed by atoms with van der Waals surface area (Å²) >= 11 is 0. The molecule has 31 heavy (non-hydrogen) atoms. The Kier molecular flexibility index (Phi) is 7.45. The maximum Gasteiger partial charge on any atom is 0.453 e. The van der Waals surface area contributed by atoms with Crippen molar-refractivity contribution in [3.05, 3.63) is 57.9 Å². The Morgan fingerprint density at radius 1 is 1.06 bits per heavy atom. The fraction of sp³-hybridized carbons (Fsp3) is 0.286. The monoisotopic (exact) mass is 459 g/mol. The Hall–Kier alpha value is -2.91. The second-order valence-electron chi connectivity index (χ2n) is 6.77. The van der Waals surface area contributed by atoms with Crippen LogP contribution in [0, 0.1) is 0 Å². The molecule has 3 rings (SSSR count). The van der Waals surface area contributed by atoms with Crippen molar-refractivity contribution in [3.8, 4) is 23.0 Å². The molecule has 3 aromatic rings. The minimum Gasteiger partial charge on any atom is -0.507 e. The van der Waals surface area contributed by atoms with Crippen LogP contribution in [-0.4, -0.2) is 30.7 Å². The van der Waals surface area contributed by atoms with Crippen LogP contribution in [0.5, 0.6) is 23.0 Å². The minimum absolute atomic E-state index is 0. The van der Waals surface area contributed by atoms with Crippen LogP contribution in [0.2, 0.25) is 0 Å². The number of alkyl halides is 3. The third kappa shape index (κ3) is 5.23. The highest BCUT2D eigenvalue weighted by Gasteiger charge is 2.41. The molecule has 0 unspecified atom stereocenters. The number of rotatable bonds is 6. The maximum atomic E-state index is 13.7. The summed E-state index contributed by atoms with van der Waals surface area (Å²) in [6.07, 6.45) is -4.99. The summed E-state index contributed by atoms with van der Waals surface area (Å²) in [6.45, 7) is 2.29. The Morgan fingerprint density at radius 3 is 2.23 bits per heavy atom. The highest BCUT2D eigenvalue weighted by molar-refractivity contribution is 5.85. The zero-order valence-electron chi connectivity index (χ0n) is 16.9. The van der Waals surface area contributed by atoms with Crippen molar-refractivity contribution in [2.45, 2.75) is 19.6 Å². The molecule has 1 heterocycles. The topological polar surface area (TPSA) is 72.1 Å². The molecular formula is C21H21ClF3NO5. The number of nitrogens with zero attached hydrogens (tertiary/aromatic N) is 1. The van der Waals surface area contributed by atoms with Crippen LogP contribution in [0.15, 0.2) is 45.6 Å². The number of aromatic hydroxyl groups is 1. The van der Waals surface area contributed by atoms with E-state index in [4.69, 9.17) is 13.9 Å². The summed E-state index contributed by atoms with van der Waals surface area (Å²) in [4.78, 5) is 14.5. The second-order valence-corrected chi connectivity index (χ2v) is 6.77. The zero-order valence-corrected chi connectivity index (χ0v) is 17.8. The summed E-state index contributed by atoms with van der Waals surface area (Å²) < 4.78 is 56.8. The largest absolute Gasteiger partial charge is 0.507 e. The highest BCUT2D eigenvalue weighted by Crippen LogP contribution is 2.40. The van der Waals surface area contributed by atoms with Gasteiger partial charge in [-0.1, -0.05) is 0 Å². The van der Waals surface area contributed by atoms with Gasteiger partial charge in [0.05, 0.1) is 17.6 Å². The first-order valence-corrected chi connectivity index (χ1v) is 9.06. The Morgan fingerprint density at radius 2 is 1.68 bits per heavy atom. The number of hydrogen-bond donors (Lipinski definition) is 1. The maximum absolute atomic E-state index is 13.7. The molecule has 168 valence electrons. The quantitative estimate of drug-likeness (QED) is 0.547. The standard InChI is InChI=1S/C21H20F3NO5.ClH/c1-4-28-12-5-7-13(8-6-12)29-19-17(27)14-9-10-16(26)15(11-25(2)3)18(14)30-20(19)21(22,23)24;/h5-10,26H,4,11H2,1-3H3;1H. The van der Waals surface area contributed by atoms with E-state index < -0.39 is 23.1 Å². The lowest BCUT2D eigenvalue weighted by molar-refractivity contribution is -0.154. The van der Waals surface area contributed by atoms with E-state index in [0.717, 1.165) is 0 Å². The molecule has 0 aliphatic heterocycles. The van der Waals surface area contributed by atoms with Gasteiger partial charge in [0.25, 0.3) is 5.76 Å². The first-order valence-electron chi connectivity index (χ1n) is 9.06. The molecule has 2 aromatic carbocycles. The SMILES string of the molecule is CCOc1ccc(Oc2c(C(F)(F)F)oc3c(CN(C)C)c(O)ccc3c2=O)cc1.Cl. The number of hydrogen-bond acceptors (Lipinski definition) is 6. The highest BCUT2D eigenvalue weighted by atomic mass is 35.5. The van der Waals surface area contributed by atoms with Crippen LogP contribution in [0.4, 0.5) is 13.2 Å². The smallest absolute Gasteiger partial charge is 0.453 e. The molecule has 0 saturated heterocycles. The second kappa shape index (κ2) is 9.49. The van der Waals surface area contributed by atoms with Crippen molar-refractivity contribution >= 4 is 23.4 Å². The van der Waals surface area contributed by atoms with Gasteiger partial charge < -0.3 is 23.9 Å². The zero-order chi connectivity index (χ0) is 22.1. The van der Waals surface area contributed by atoms with Crippen LogP contribution in [0.1, 0.15) is 18.2 Å². The van der Waals surface area contributed by atoms with Gasteiger partial charge >= 0.3 is 6.18 Å². The molecule has 0 aliphatic rings. The average Bonchev–Trinajstić information content (AvgIpc) is 2.66. The molecule has 0 saturated carbocycles. The van der Waals surface area contributed by atoms with Crippen LogP contribution in [-0.2, 0) is 12.7 Å². The number of benzene rings is 2. The predicted molar refractivity (Wildman–Crippen MR) is 111 cm³/mol. The molecule has 0 aliphatic carbocycles. The Labute approximate surface area is 182 Å². The van der Waals surface area contributed by atoms with Gasteiger partial charge in [-0.05, 0) is 57.4 Å². The average molecular weight is 460 g/mol. The van der Waals surface area contributed by atoms with E-state index in [1.807, 2.05) is 0 Å². The normalized spacial score (nSPS) is 11.5. The fourth-order valence-corrected chi connectivity index (χ4v) is 2.92. The summed E-state index contributed by atoms with van der Waals surface area (Å²) in [6, 6.07) is 8.27. The molecule has 0 fully saturated rings. The first kappa shape index (κ1) is 24.4. The van der Waals surface area contributed by atoms with Gasteiger partial charge in [0.15, 0.2) is 0 Å². The van der Waals surface area contributed by atoms with Gasteiger partial charge in [-0.25, -0.2) is 0 Å². The first-order chi connectivity index (χ1) is 14.1. The molecule has 10 heteroatoms. The number of halogens is 4. The number of phenols is 1. The lowest BCUT2D eigenvalue weighted by Gasteiger charge is -2.17. The Bertz CT molecular complexity index is 1110. The third-order valence-corrected chi connectivity index (χ3v) is 4.18. The molecule has 0 atom stereocenters. The summed E-state index contributed by atoms with van der Waals surface area (Å²) in [7, 11) is 3.34. The van der Waals surface area contributed by atoms with Gasteiger partial charge in [0, 0.05) is 6.54 Å². The van der Waals surface area contributed by atoms with Crippen LogP contribution < -0.4 is 14.9 Å². The van der Waals surface area contributed by atoms with Crippen LogP contribution in [0.3, 0.4) is 0 Å². The van der Waals surface area contributed by atoms with E-state index in [0.29, 0.717) is 12.4 Å².